The lowest BCUT2D eigenvalue weighted by Gasteiger charge is -2.30. The van der Waals surface area contributed by atoms with Crippen LogP contribution in [0.2, 0.25) is 0 Å². The quantitative estimate of drug-likeness (QED) is 0.730. The third-order valence-corrected chi connectivity index (χ3v) is 6.12. The van der Waals surface area contributed by atoms with Crippen molar-refractivity contribution in [3.05, 3.63) is 16.0 Å². The molecule has 2 aliphatic rings. The summed E-state index contributed by atoms with van der Waals surface area (Å²) in [6, 6.07) is 0. The molecule has 1 atom stereocenters. The average Bonchev–Trinajstić information content (AvgIpc) is 3.15. The van der Waals surface area contributed by atoms with Crippen LogP contribution in [0.4, 0.5) is 5.00 Å². The minimum atomic E-state index is -0.486. The topological polar surface area (TPSA) is 102 Å². The number of likely N-dealkylation sites (tertiary alicyclic amines) is 1. The Kier molecular flexibility index (Phi) is 5.93. The number of carbonyl (C=O) groups excluding carboxylic acids is 3. The molecule has 26 heavy (non-hydrogen) atoms. The van der Waals surface area contributed by atoms with Crippen LogP contribution in [0.5, 0.6) is 0 Å². The highest BCUT2D eigenvalue weighted by Gasteiger charge is 2.29. The van der Waals surface area contributed by atoms with Gasteiger partial charge in [-0.05, 0) is 51.1 Å². The fourth-order valence-corrected chi connectivity index (χ4v) is 5.08. The first-order valence-corrected chi connectivity index (χ1v) is 9.94. The molecule has 1 aromatic rings. The van der Waals surface area contributed by atoms with Crippen molar-refractivity contribution in [3.63, 3.8) is 0 Å². The minimum Gasteiger partial charge on any atom is -0.466 e. The Balaban J connectivity index is 1.61. The molecular formula is C18H25N3O4S. The monoisotopic (exact) mass is 379 g/mol. The van der Waals surface area contributed by atoms with Crippen LogP contribution >= 0.6 is 11.3 Å². The molecule has 0 saturated carbocycles. The molecule has 2 heterocycles. The summed E-state index contributed by atoms with van der Waals surface area (Å²) in [5.41, 5.74) is 7.00. The molecule has 8 heteroatoms. The number of hydrogen-bond acceptors (Lipinski definition) is 6. The van der Waals surface area contributed by atoms with Crippen molar-refractivity contribution in [2.75, 3.05) is 31.6 Å². The summed E-state index contributed by atoms with van der Waals surface area (Å²) in [6.07, 6.45) is 4.45. The molecule has 0 aromatic carbocycles. The molecule has 3 N–H and O–H groups in total. The van der Waals surface area contributed by atoms with E-state index >= 15 is 0 Å². The molecule has 7 nitrogen and oxygen atoms in total. The second-order valence-electron chi connectivity index (χ2n) is 6.80. The lowest BCUT2D eigenvalue weighted by atomic mass is 9.98. The number of piperidine rings is 1. The molecule has 1 aliphatic carbocycles. The lowest BCUT2D eigenvalue weighted by Crippen LogP contribution is -2.43. The van der Waals surface area contributed by atoms with Crippen LogP contribution in [0.3, 0.4) is 0 Å². The number of nitrogens with two attached hydrogens (primary N) is 1. The van der Waals surface area contributed by atoms with Crippen LogP contribution in [0.15, 0.2) is 0 Å². The molecule has 0 radical (unpaired) electrons. The molecule has 0 bridgehead atoms. The standard InChI is InChI=1S/C18H25N3O4S/c1-2-25-18(24)11-5-4-8-21(9-11)10-14(22)20-17-15(16(19)23)12-6-3-7-13(12)26-17/h11H,2-10H2,1H3,(H2,19,23)(H,20,22). The summed E-state index contributed by atoms with van der Waals surface area (Å²) in [5.74, 6) is -1.04. The van der Waals surface area contributed by atoms with E-state index in [0.717, 1.165) is 49.1 Å². The normalized spacial score (nSPS) is 19.8. The predicted octanol–water partition coefficient (Wildman–Crippen LogP) is 1.55. The highest BCUT2D eigenvalue weighted by atomic mass is 32.1. The van der Waals surface area contributed by atoms with Gasteiger partial charge in [0.2, 0.25) is 5.91 Å². The van der Waals surface area contributed by atoms with Crippen molar-refractivity contribution in [2.45, 2.75) is 39.0 Å². The Morgan fingerprint density at radius 3 is 2.85 bits per heavy atom. The number of primary amides is 1. The van der Waals surface area contributed by atoms with Gasteiger partial charge in [0.25, 0.3) is 5.91 Å². The van der Waals surface area contributed by atoms with Gasteiger partial charge in [-0.3, -0.25) is 19.3 Å². The Hall–Kier alpha value is -1.93. The van der Waals surface area contributed by atoms with Crippen LogP contribution in [0, 0.1) is 5.92 Å². The number of nitrogens with zero attached hydrogens (tertiary/aromatic N) is 1. The van der Waals surface area contributed by atoms with Crippen LogP contribution in [-0.4, -0.2) is 48.9 Å². The van der Waals surface area contributed by atoms with Gasteiger partial charge in [0, 0.05) is 11.4 Å². The first kappa shape index (κ1) is 18.8. The molecule has 0 spiro atoms. The number of amides is 2. The van der Waals surface area contributed by atoms with Gasteiger partial charge in [0.15, 0.2) is 0 Å². The first-order valence-electron chi connectivity index (χ1n) is 9.12. The van der Waals surface area contributed by atoms with Crippen molar-refractivity contribution < 1.29 is 19.1 Å². The molecule has 1 unspecified atom stereocenters. The van der Waals surface area contributed by atoms with E-state index in [-0.39, 0.29) is 24.3 Å². The zero-order valence-corrected chi connectivity index (χ0v) is 15.8. The summed E-state index contributed by atoms with van der Waals surface area (Å²) in [4.78, 5) is 39.3. The largest absolute Gasteiger partial charge is 0.466 e. The molecule has 1 fully saturated rings. The second kappa shape index (κ2) is 8.18. The van der Waals surface area contributed by atoms with Gasteiger partial charge in [0.1, 0.15) is 5.00 Å². The summed E-state index contributed by atoms with van der Waals surface area (Å²) >= 11 is 1.45. The van der Waals surface area contributed by atoms with Gasteiger partial charge in [-0.25, -0.2) is 0 Å². The summed E-state index contributed by atoms with van der Waals surface area (Å²) < 4.78 is 5.09. The number of anilines is 1. The highest BCUT2D eigenvalue weighted by molar-refractivity contribution is 7.17. The summed E-state index contributed by atoms with van der Waals surface area (Å²) in [6.45, 7) is 3.65. The number of hydrogen-bond donors (Lipinski definition) is 2. The van der Waals surface area contributed by atoms with Crippen molar-refractivity contribution in [2.24, 2.45) is 11.7 Å². The van der Waals surface area contributed by atoms with E-state index in [1.54, 1.807) is 6.92 Å². The van der Waals surface area contributed by atoms with Crippen molar-refractivity contribution in [1.29, 1.82) is 0 Å². The number of nitrogens with one attached hydrogen (secondary N) is 1. The Morgan fingerprint density at radius 1 is 1.31 bits per heavy atom. The molecule has 142 valence electrons. The maximum Gasteiger partial charge on any atom is 0.310 e. The Labute approximate surface area is 156 Å². The van der Waals surface area contributed by atoms with E-state index in [9.17, 15) is 14.4 Å². The Bertz CT molecular complexity index is 716. The third kappa shape index (κ3) is 4.07. The van der Waals surface area contributed by atoms with Gasteiger partial charge < -0.3 is 15.8 Å². The summed E-state index contributed by atoms with van der Waals surface area (Å²) in [5, 5.41) is 3.42. The molecule has 1 aromatic heterocycles. The molecule has 1 saturated heterocycles. The van der Waals surface area contributed by atoms with Crippen LogP contribution < -0.4 is 11.1 Å². The SMILES string of the molecule is CCOC(=O)C1CCCN(CC(=O)Nc2sc3c(c2C(N)=O)CCC3)C1. The number of carbonyl (C=O) groups is 3. The first-order chi connectivity index (χ1) is 12.5. The predicted molar refractivity (Wildman–Crippen MR) is 99.3 cm³/mol. The third-order valence-electron chi connectivity index (χ3n) is 4.91. The number of ether oxygens (including phenoxy) is 1. The van der Waals surface area contributed by atoms with Crippen LogP contribution in [0.25, 0.3) is 0 Å². The van der Waals surface area contributed by atoms with Gasteiger partial charge in [-0.1, -0.05) is 0 Å². The minimum absolute atomic E-state index is 0.178. The number of thiophene rings is 1. The fraction of sp³-hybridized carbons (Fsp3) is 0.611. The number of fused-ring (bicyclic) bond motifs is 1. The fourth-order valence-electron chi connectivity index (χ4n) is 3.77. The smallest absolute Gasteiger partial charge is 0.310 e. The zero-order valence-electron chi connectivity index (χ0n) is 15.0. The maximum atomic E-state index is 12.5. The van der Waals surface area contributed by atoms with E-state index in [2.05, 4.69) is 5.32 Å². The maximum absolute atomic E-state index is 12.5. The van der Waals surface area contributed by atoms with Gasteiger partial charge in [-0.2, -0.15) is 0 Å². The van der Waals surface area contributed by atoms with Crippen molar-refractivity contribution in [3.8, 4) is 0 Å². The van der Waals surface area contributed by atoms with E-state index in [1.165, 1.54) is 11.3 Å². The molecular weight excluding hydrogens is 354 g/mol. The number of aryl methyl sites for hydroxylation is 1. The van der Waals surface area contributed by atoms with Gasteiger partial charge >= 0.3 is 5.97 Å². The zero-order chi connectivity index (χ0) is 18.7. The van der Waals surface area contributed by atoms with E-state index < -0.39 is 5.91 Å². The van der Waals surface area contributed by atoms with Crippen LogP contribution in [0.1, 0.15) is 47.0 Å². The van der Waals surface area contributed by atoms with Gasteiger partial charge in [-0.15, -0.1) is 11.3 Å². The average molecular weight is 379 g/mol. The Morgan fingerprint density at radius 2 is 2.12 bits per heavy atom. The van der Waals surface area contributed by atoms with Gasteiger partial charge in [0.05, 0.1) is 24.6 Å². The number of rotatable bonds is 6. The van der Waals surface area contributed by atoms with E-state index in [0.29, 0.717) is 23.7 Å². The molecule has 2 amide bonds. The molecule has 1 aliphatic heterocycles. The highest BCUT2D eigenvalue weighted by Crippen LogP contribution is 2.38. The van der Waals surface area contributed by atoms with Crippen LogP contribution in [-0.2, 0) is 27.2 Å². The molecule has 3 rings (SSSR count). The second-order valence-corrected chi connectivity index (χ2v) is 7.91. The lowest BCUT2D eigenvalue weighted by molar-refractivity contribution is -0.150. The number of esters is 1. The van der Waals surface area contributed by atoms with E-state index in [1.807, 2.05) is 4.90 Å². The van der Waals surface area contributed by atoms with E-state index in [4.69, 9.17) is 10.5 Å². The summed E-state index contributed by atoms with van der Waals surface area (Å²) in [7, 11) is 0. The van der Waals surface area contributed by atoms with Crippen molar-refractivity contribution >= 4 is 34.1 Å². The van der Waals surface area contributed by atoms with Crippen molar-refractivity contribution in [1.82, 2.24) is 4.90 Å².